The van der Waals surface area contributed by atoms with E-state index in [1.165, 1.54) is 4.90 Å². The Morgan fingerprint density at radius 2 is 1.90 bits per heavy atom. The Balaban J connectivity index is 2.52. The Hall–Kier alpha value is -1.68. The van der Waals surface area contributed by atoms with Crippen LogP contribution in [0.4, 0.5) is 5.69 Å². The van der Waals surface area contributed by atoms with Crippen molar-refractivity contribution in [1.29, 1.82) is 0 Å². The van der Waals surface area contributed by atoms with Crippen molar-refractivity contribution >= 4 is 17.5 Å². The first-order chi connectivity index (χ1) is 9.50. The van der Waals surface area contributed by atoms with Crippen molar-refractivity contribution in [3.63, 3.8) is 0 Å². The summed E-state index contributed by atoms with van der Waals surface area (Å²) < 4.78 is 0. The summed E-state index contributed by atoms with van der Waals surface area (Å²) in [7, 11) is 0. The molecule has 1 heterocycles. The summed E-state index contributed by atoms with van der Waals surface area (Å²) >= 11 is 0. The van der Waals surface area contributed by atoms with E-state index in [0.29, 0.717) is 31.5 Å². The fourth-order valence-corrected chi connectivity index (χ4v) is 3.00. The number of hydrogen-bond acceptors (Lipinski definition) is 3. The number of rotatable bonds is 4. The van der Waals surface area contributed by atoms with Crippen molar-refractivity contribution in [3.8, 4) is 0 Å². The molecule has 0 spiro atoms. The van der Waals surface area contributed by atoms with Gasteiger partial charge in [0.05, 0.1) is 11.1 Å². The second-order valence-electron chi connectivity index (χ2n) is 5.48. The van der Waals surface area contributed by atoms with Crippen molar-refractivity contribution in [2.75, 3.05) is 4.90 Å². The molecule has 0 bridgehead atoms. The summed E-state index contributed by atoms with van der Waals surface area (Å²) in [5, 5.41) is 0. The van der Waals surface area contributed by atoms with Crippen molar-refractivity contribution in [2.45, 2.75) is 46.6 Å². The van der Waals surface area contributed by atoms with Gasteiger partial charge < -0.3 is 5.73 Å². The quantitative estimate of drug-likeness (QED) is 0.858. The van der Waals surface area contributed by atoms with Crippen LogP contribution >= 0.6 is 0 Å². The predicted molar refractivity (Wildman–Crippen MR) is 79.2 cm³/mol. The molecule has 0 atom stereocenters. The van der Waals surface area contributed by atoms with Gasteiger partial charge in [-0.1, -0.05) is 26.0 Å². The van der Waals surface area contributed by atoms with Crippen molar-refractivity contribution < 1.29 is 9.59 Å². The van der Waals surface area contributed by atoms with Crippen LogP contribution in [0.1, 0.15) is 44.2 Å². The molecule has 20 heavy (non-hydrogen) atoms. The average Bonchev–Trinajstić information content (AvgIpc) is 2.70. The molecule has 0 radical (unpaired) electrons. The molecular weight excluding hydrogens is 252 g/mol. The second kappa shape index (κ2) is 5.37. The zero-order valence-corrected chi connectivity index (χ0v) is 12.4. The normalized spacial score (nSPS) is 17.9. The number of nitrogens with zero attached hydrogens (tertiary/aromatic N) is 1. The Kier molecular flexibility index (Phi) is 3.95. The molecule has 2 N–H and O–H groups in total. The predicted octanol–water partition coefficient (Wildman–Crippen LogP) is 2.52. The number of imide groups is 1. The van der Waals surface area contributed by atoms with Gasteiger partial charge in [-0.25, -0.2) is 4.90 Å². The van der Waals surface area contributed by atoms with Gasteiger partial charge in [-0.3, -0.25) is 9.59 Å². The summed E-state index contributed by atoms with van der Waals surface area (Å²) in [5.74, 6) is -0.188. The molecule has 0 aliphatic carbocycles. The first-order valence-electron chi connectivity index (χ1n) is 7.16. The summed E-state index contributed by atoms with van der Waals surface area (Å²) in [6, 6.07) is 5.62. The minimum atomic E-state index is -0.535. The molecule has 1 aromatic carbocycles. The molecule has 4 heteroatoms. The minimum absolute atomic E-state index is 0.0761. The first-order valence-corrected chi connectivity index (χ1v) is 7.16. The fourth-order valence-electron chi connectivity index (χ4n) is 3.00. The van der Waals surface area contributed by atoms with Crippen LogP contribution in [-0.4, -0.2) is 11.8 Å². The number of benzene rings is 1. The van der Waals surface area contributed by atoms with Crippen LogP contribution < -0.4 is 10.6 Å². The SMILES string of the molecule is CCC1(CC)CC(=O)N(c2cccc(C)c2CN)C1=O. The standard InChI is InChI=1S/C16H22N2O2/c1-4-16(5-2)9-14(19)18(15(16)20)13-8-6-7-11(3)12(13)10-17/h6-8H,4-5,9-10,17H2,1-3H3. The van der Waals surface area contributed by atoms with E-state index >= 15 is 0 Å². The molecule has 2 amide bonds. The van der Waals surface area contributed by atoms with E-state index in [-0.39, 0.29) is 11.8 Å². The molecule has 1 aliphatic rings. The van der Waals surface area contributed by atoms with Gasteiger partial charge >= 0.3 is 0 Å². The van der Waals surface area contributed by atoms with Crippen LogP contribution in [0, 0.1) is 12.3 Å². The molecule has 2 rings (SSSR count). The molecule has 0 saturated carbocycles. The highest BCUT2D eigenvalue weighted by atomic mass is 16.2. The molecule has 108 valence electrons. The molecule has 0 unspecified atom stereocenters. The molecule has 1 aromatic rings. The highest BCUT2D eigenvalue weighted by Crippen LogP contribution is 2.42. The smallest absolute Gasteiger partial charge is 0.240 e. The average molecular weight is 274 g/mol. The summed E-state index contributed by atoms with van der Waals surface area (Å²) in [4.78, 5) is 26.5. The van der Waals surface area contributed by atoms with E-state index in [1.54, 1.807) is 0 Å². The number of aryl methyl sites for hydroxylation is 1. The third-order valence-electron chi connectivity index (χ3n) is 4.58. The lowest BCUT2D eigenvalue weighted by Crippen LogP contribution is -2.36. The van der Waals surface area contributed by atoms with Gasteiger partial charge in [-0.05, 0) is 37.0 Å². The summed E-state index contributed by atoms with van der Waals surface area (Å²) in [6.45, 7) is 6.21. The first kappa shape index (κ1) is 14.7. The highest BCUT2D eigenvalue weighted by molar-refractivity contribution is 6.22. The molecule has 4 nitrogen and oxygen atoms in total. The summed E-state index contributed by atoms with van der Waals surface area (Å²) in [5.41, 5.74) is 7.80. The maximum atomic E-state index is 12.7. The maximum absolute atomic E-state index is 12.7. The second-order valence-corrected chi connectivity index (χ2v) is 5.48. The molecule has 1 fully saturated rings. The van der Waals surface area contributed by atoms with Gasteiger partial charge in [-0.2, -0.15) is 0 Å². The lowest BCUT2D eigenvalue weighted by molar-refractivity contribution is -0.126. The summed E-state index contributed by atoms with van der Waals surface area (Å²) in [6.07, 6.45) is 1.68. The van der Waals surface area contributed by atoms with Gasteiger partial charge in [0.1, 0.15) is 0 Å². The fraction of sp³-hybridized carbons (Fsp3) is 0.500. The number of carbonyl (C=O) groups is 2. The number of anilines is 1. The van der Waals surface area contributed by atoms with E-state index in [4.69, 9.17) is 5.73 Å². The zero-order chi connectivity index (χ0) is 14.9. The molecule has 0 aromatic heterocycles. The number of nitrogens with two attached hydrogens (primary N) is 1. The topological polar surface area (TPSA) is 63.4 Å². The Morgan fingerprint density at radius 3 is 2.40 bits per heavy atom. The van der Waals surface area contributed by atoms with Crippen molar-refractivity contribution in [3.05, 3.63) is 29.3 Å². The van der Waals surface area contributed by atoms with E-state index in [1.807, 2.05) is 39.0 Å². The van der Waals surface area contributed by atoms with Gasteiger partial charge in [0.25, 0.3) is 0 Å². The van der Waals surface area contributed by atoms with Crippen molar-refractivity contribution in [1.82, 2.24) is 0 Å². The lowest BCUT2D eigenvalue weighted by Gasteiger charge is -2.25. The van der Waals surface area contributed by atoms with Crippen molar-refractivity contribution in [2.24, 2.45) is 11.1 Å². The van der Waals surface area contributed by atoms with Gasteiger partial charge in [0, 0.05) is 13.0 Å². The molecular formula is C16H22N2O2. The van der Waals surface area contributed by atoms with Crippen LogP contribution in [0.15, 0.2) is 18.2 Å². The zero-order valence-electron chi connectivity index (χ0n) is 12.4. The van der Waals surface area contributed by atoms with E-state index in [0.717, 1.165) is 11.1 Å². The number of carbonyl (C=O) groups excluding carboxylic acids is 2. The van der Waals surface area contributed by atoms with Crippen LogP contribution in [-0.2, 0) is 16.1 Å². The van der Waals surface area contributed by atoms with Crippen LogP contribution in [0.3, 0.4) is 0 Å². The van der Waals surface area contributed by atoms with Crippen LogP contribution in [0.5, 0.6) is 0 Å². The third kappa shape index (κ3) is 2.04. The maximum Gasteiger partial charge on any atom is 0.240 e. The van der Waals surface area contributed by atoms with Crippen LogP contribution in [0.25, 0.3) is 0 Å². The van der Waals surface area contributed by atoms with Gasteiger partial charge in [0.2, 0.25) is 11.8 Å². The third-order valence-corrected chi connectivity index (χ3v) is 4.58. The van der Waals surface area contributed by atoms with Gasteiger partial charge in [-0.15, -0.1) is 0 Å². The Bertz CT molecular complexity index is 547. The molecule has 1 aliphatic heterocycles. The Morgan fingerprint density at radius 1 is 1.25 bits per heavy atom. The highest BCUT2D eigenvalue weighted by Gasteiger charge is 2.50. The molecule has 1 saturated heterocycles. The minimum Gasteiger partial charge on any atom is -0.326 e. The lowest BCUT2D eigenvalue weighted by atomic mass is 9.81. The number of amides is 2. The largest absolute Gasteiger partial charge is 0.326 e. The van der Waals surface area contributed by atoms with Crippen LogP contribution in [0.2, 0.25) is 0 Å². The van der Waals surface area contributed by atoms with E-state index in [2.05, 4.69) is 0 Å². The van der Waals surface area contributed by atoms with E-state index in [9.17, 15) is 9.59 Å². The van der Waals surface area contributed by atoms with E-state index < -0.39 is 5.41 Å². The Labute approximate surface area is 119 Å². The van der Waals surface area contributed by atoms with Gasteiger partial charge in [0.15, 0.2) is 0 Å². The number of hydrogen-bond donors (Lipinski definition) is 1. The monoisotopic (exact) mass is 274 g/mol.